The lowest BCUT2D eigenvalue weighted by atomic mass is 10.0. The van der Waals surface area contributed by atoms with Crippen LogP contribution in [-0.4, -0.2) is 28.9 Å². The van der Waals surface area contributed by atoms with Crippen LogP contribution in [0.5, 0.6) is 17.2 Å². The number of H-pyrrole nitrogens is 1. The predicted octanol–water partition coefficient (Wildman–Crippen LogP) is 2.69. The molecule has 1 heterocycles. The molecule has 0 aliphatic rings. The van der Waals surface area contributed by atoms with E-state index in [4.69, 9.17) is 27.5 Å². The van der Waals surface area contributed by atoms with Crippen molar-refractivity contribution in [3.8, 4) is 29.8 Å². The van der Waals surface area contributed by atoms with Crippen LogP contribution in [-0.2, 0) is 6.54 Å². The Morgan fingerprint density at radius 1 is 1.28 bits per heavy atom. The molecule has 0 radical (unpaired) electrons. The minimum absolute atomic E-state index is 0.0599. The minimum Gasteiger partial charge on any atom is -0.506 e. The van der Waals surface area contributed by atoms with Crippen LogP contribution in [0.4, 0.5) is 0 Å². The molecule has 0 unspecified atom stereocenters. The van der Waals surface area contributed by atoms with Gasteiger partial charge >= 0.3 is 0 Å². The van der Waals surface area contributed by atoms with E-state index in [1.807, 2.05) is 0 Å². The zero-order valence-electron chi connectivity index (χ0n) is 15.5. The fourth-order valence-corrected chi connectivity index (χ4v) is 3.27. The van der Waals surface area contributed by atoms with E-state index in [1.165, 1.54) is 19.2 Å². The first-order valence-corrected chi connectivity index (χ1v) is 9.05. The average molecular weight is 415 g/mol. The molecule has 8 heteroatoms. The van der Waals surface area contributed by atoms with Gasteiger partial charge in [-0.05, 0) is 23.8 Å². The van der Waals surface area contributed by atoms with Gasteiger partial charge in [0.2, 0.25) is 5.56 Å². The molecule has 0 aliphatic carbocycles. The number of terminal acetylenes is 1. The van der Waals surface area contributed by atoms with Crippen LogP contribution in [0.1, 0.15) is 17.2 Å². The van der Waals surface area contributed by atoms with E-state index in [9.17, 15) is 15.0 Å². The zero-order chi connectivity index (χ0) is 21.0. The Bertz CT molecular complexity index is 1140. The molecule has 3 aromatic rings. The highest BCUT2D eigenvalue weighted by Gasteiger charge is 2.15. The van der Waals surface area contributed by atoms with Gasteiger partial charge in [0, 0.05) is 36.2 Å². The summed E-state index contributed by atoms with van der Waals surface area (Å²) in [5.74, 6) is 0.795. The number of aromatic hydroxyl groups is 1. The molecule has 0 saturated carbocycles. The van der Waals surface area contributed by atoms with Crippen molar-refractivity contribution in [3.05, 3.63) is 62.9 Å². The Morgan fingerprint density at radius 2 is 2.07 bits per heavy atom. The molecule has 0 fully saturated rings. The third-order valence-corrected chi connectivity index (χ3v) is 4.72. The molecule has 0 aliphatic heterocycles. The number of aliphatic hydroxyl groups is 1. The molecule has 1 aromatic heterocycles. The molecular weight excluding hydrogens is 396 g/mol. The summed E-state index contributed by atoms with van der Waals surface area (Å²) in [5, 5.41) is 24.6. The largest absolute Gasteiger partial charge is 0.506 e. The fourth-order valence-electron chi connectivity index (χ4n) is 3.05. The Kier molecular flexibility index (Phi) is 6.29. The van der Waals surface area contributed by atoms with Crippen molar-refractivity contribution in [1.82, 2.24) is 10.3 Å². The summed E-state index contributed by atoms with van der Waals surface area (Å²) >= 11 is 6.16. The summed E-state index contributed by atoms with van der Waals surface area (Å²) in [6.45, 7) is 0.575. The predicted molar refractivity (Wildman–Crippen MR) is 110 cm³/mol. The average Bonchev–Trinajstić information content (AvgIpc) is 2.70. The maximum absolute atomic E-state index is 11.5. The summed E-state index contributed by atoms with van der Waals surface area (Å²) in [7, 11) is 1.52. The van der Waals surface area contributed by atoms with Crippen molar-refractivity contribution in [3.63, 3.8) is 0 Å². The van der Waals surface area contributed by atoms with Crippen LogP contribution in [0, 0.1) is 12.5 Å². The molecule has 3 rings (SSSR count). The lowest BCUT2D eigenvalue weighted by molar-refractivity contribution is 0.175. The van der Waals surface area contributed by atoms with Gasteiger partial charge in [-0.1, -0.05) is 24.1 Å². The van der Waals surface area contributed by atoms with Gasteiger partial charge in [-0.15, -0.1) is 0 Å². The molecule has 4 N–H and O–H groups in total. The second kappa shape index (κ2) is 8.88. The number of aromatic nitrogens is 1. The van der Waals surface area contributed by atoms with Crippen molar-refractivity contribution in [1.29, 1.82) is 0 Å². The van der Waals surface area contributed by atoms with E-state index >= 15 is 0 Å². The number of benzene rings is 2. The van der Waals surface area contributed by atoms with E-state index in [2.05, 4.69) is 16.4 Å². The van der Waals surface area contributed by atoms with E-state index in [1.54, 1.807) is 24.3 Å². The number of phenolic OH excluding ortho intramolecular Hbond substituents is 1. The minimum atomic E-state index is -0.880. The molecule has 150 valence electrons. The van der Waals surface area contributed by atoms with Gasteiger partial charge < -0.3 is 30.0 Å². The normalized spacial score (nSPS) is 11.8. The maximum Gasteiger partial charge on any atom is 0.248 e. The Labute approximate surface area is 171 Å². The number of fused-ring (bicyclic) bond motifs is 1. The highest BCUT2D eigenvalue weighted by molar-refractivity contribution is 6.32. The summed E-state index contributed by atoms with van der Waals surface area (Å²) in [6, 6.07) is 9.24. The van der Waals surface area contributed by atoms with Crippen molar-refractivity contribution < 1.29 is 19.7 Å². The number of aliphatic hydroxyl groups excluding tert-OH is 1. The van der Waals surface area contributed by atoms with Crippen molar-refractivity contribution in [2.24, 2.45) is 0 Å². The molecule has 29 heavy (non-hydrogen) atoms. The number of hydrogen-bond donors (Lipinski definition) is 4. The van der Waals surface area contributed by atoms with Crippen molar-refractivity contribution in [2.45, 2.75) is 12.6 Å². The van der Waals surface area contributed by atoms with E-state index in [0.29, 0.717) is 34.0 Å². The van der Waals surface area contributed by atoms with Crippen LogP contribution >= 0.6 is 11.6 Å². The first-order chi connectivity index (χ1) is 13.9. The van der Waals surface area contributed by atoms with Crippen molar-refractivity contribution in [2.75, 3.05) is 13.7 Å². The summed E-state index contributed by atoms with van der Waals surface area (Å²) in [6.07, 6.45) is 6.32. The SMILES string of the molecule is C#COc1cc(OC)c(CNC[C@H](O)c2ccc(O)c3[nH]c(=O)ccc23)cc1Cl. The van der Waals surface area contributed by atoms with Crippen LogP contribution in [0.3, 0.4) is 0 Å². The topological polar surface area (TPSA) is 104 Å². The Balaban J connectivity index is 1.76. The van der Waals surface area contributed by atoms with Gasteiger partial charge in [-0.25, -0.2) is 0 Å². The number of methoxy groups -OCH3 is 1. The van der Waals surface area contributed by atoms with Crippen LogP contribution < -0.4 is 20.3 Å². The Hall–Kier alpha value is -3.18. The van der Waals surface area contributed by atoms with Gasteiger partial charge in [-0.2, -0.15) is 0 Å². The highest BCUT2D eigenvalue weighted by Crippen LogP contribution is 2.33. The number of hydrogen-bond acceptors (Lipinski definition) is 6. The molecule has 2 aromatic carbocycles. The molecule has 0 bridgehead atoms. The van der Waals surface area contributed by atoms with Crippen LogP contribution in [0.2, 0.25) is 5.02 Å². The molecular formula is C21H19ClN2O5. The molecule has 1 atom stereocenters. The number of ether oxygens (including phenoxy) is 2. The second-order valence-electron chi connectivity index (χ2n) is 6.25. The zero-order valence-corrected chi connectivity index (χ0v) is 16.3. The van der Waals surface area contributed by atoms with Crippen LogP contribution in [0.25, 0.3) is 10.9 Å². The maximum atomic E-state index is 11.5. The molecule has 0 spiro atoms. The lowest BCUT2D eigenvalue weighted by Crippen LogP contribution is -2.21. The smallest absolute Gasteiger partial charge is 0.248 e. The van der Waals surface area contributed by atoms with E-state index < -0.39 is 6.10 Å². The van der Waals surface area contributed by atoms with E-state index in [-0.39, 0.29) is 23.4 Å². The fraction of sp³-hybridized carbons (Fsp3) is 0.190. The first-order valence-electron chi connectivity index (χ1n) is 8.67. The quantitative estimate of drug-likeness (QED) is 0.443. The molecule has 0 saturated heterocycles. The number of halogens is 1. The van der Waals surface area contributed by atoms with Gasteiger partial charge in [0.25, 0.3) is 0 Å². The number of pyridine rings is 1. The monoisotopic (exact) mass is 414 g/mol. The lowest BCUT2D eigenvalue weighted by Gasteiger charge is -2.16. The third kappa shape index (κ3) is 4.46. The van der Waals surface area contributed by atoms with Gasteiger partial charge in [0.15, 0.2) is 5.75 Å². The van der Waals surface area contributed by atoms with Crippen molar-refractivity contribution >= 4 is 22.5 Å². The second-order valence-corrected chi connectivity index (χ2v) is 6.65. The third-order valence-electron chi connectivity index (χ3n) is 4.42. The number of aromatic amines is 1. The van der Waals surface area contributed by atoms with E-state index in [0.717, 1.165) is 5.56 Å². The number of nitrogens with one attached hydrogen (secondary N) is 2. The number of phenols is 1. The first kappa shape index (κ1) is 20.6. The number of rotatable bonds is 7. The highest BCUT2D eigenvalue weighted by atomic mass is 35.5. The van der Waals surface area contributed by atoms with Crippen LogP contribution in [0.15, 0.2) is 41.2 Å². The molecule has 7 nitrogen and oxygen atoms in total. The van der Waals surface area contributed by atoms with Gasteiger partial charge in [0.1, 0.15) is 17.6 Å². The summed E-state index contributed by atoms with van der Waals surface area (Å²) in [4.78, 5) is 14.1. The molecule has 0 amide bonds. The summed E-state index contributed by atoms with van der Waals surface area (Å²) < 4.78 is 10.3. The Morgan fingerprint density at radius 3 is 2.79 bits per heavy atom. The van der Waals surface area contributed by atoms with Gasteiger partial charge in [0.05, 0.1) is 23.8 Å². The van der Waals surface area contributed by atoms with Gasteiger partial charge in [-0.3, -0.25) is 4.79 Å². The standard InChI is InChI=1S/C21H19ClN2O5/c1-3-29-19-9-18(28-2)12(8-15(19)22)10-23-11-17(26)13-4-6-16(25)21-14(13)5-7-20(27)24-21/h1,4-9,17,23,25-26H,10-11H2,2H3,(H,24,27)/t17-/m0/s1. The summed E-state index contributed by atoms with van der Waals surface area (Å²) in [5.41, 5.74) is 1.28.